The Hall–Kier alpha value is -3.09. The molecule has 0 unspecified atom stereocenters. The minimum absolute atomic E-state index is 0.146. The van der Waals surface area contributed by atoms with Crippen LogP contribution < -0.4 is 14.8 Å². The van der Waals surface area contributed by atoms with Crippen molar-refractivity contribution in [2.75, 3.05) is 37.4 Å². The number of ether oxygens (including phenoxy) is 2. The number of fused-ring (bicyclic) bond motifs is 1. The number of hydrogen-bond acceptors (Lipinski definition) is 8. The van der Waals surface area contributed by atoms with E-state index < -0.39 is 10.0 Å². The maximum atomic E-state index is 12.7. The highest BCUT2D eigenvalue weighted by molar-refractivity contribution is 7.99. The normalized spacial score (nSPS) is 15.8. The van der Waals surface area contributed by atoms with Crippen LogP contribution in [0.5, 0.6) is 11.5 Å². The predicted molar refractivity (Wildman–Crippen MR) is 131 cm³/mol. The van der Waals surface area contributed by atoms with E-state index in [1.54, 1.807) is 47.0 Å². The van der Waals surface area contributed by atoms with Gasteiger partial charge in [0, 0.05) is 37.5 Å². The number of anilines is 1. The molecule has 1 aromatic heterocycles. The van der Waals surface area contributed by atoms with Crippen LogP contribution in [0.1, 0.15) is 12.8 Å². The first-order valence-electron chi connectivity index (χ1n) is 11.2. The van der Waals surface area contributed by atoms with Gasteiger partial charge in [0.15, 0.2) is 22.5 Å². The minimum Gasteiger partial charge on any atom is -0.486 e. The zero-order valence-electron chi connectivity index (χ0n) is 19.1. The maximum Gasteiger partial charge on any atom is 0.243 e. The number of aromatic nitrogens is 3. The van der Waals surface area contributed by atoms with E-state index in [0.29, 0.717) is 54.5 Å². The van der Waals surface area contributed by atoms with E-state index in [4.69, 9.17) is 9.47 Å². The van der Waals surface area contributed by atoms with E-state index in [1.165, 1.54) is 16.1 Å². The molecule has 2 aromatic carbocycles. The molecule has 12 heteroatoms. The number of nitrogens with zero attached hydrogens (tertiary/aromatic N) is 4. The second-order valence-electron chi connectivity index (χ2n) is 8.20. The zero-order valence-corrected chi connectivity index (χ0v) is 20.8. The molecule has 3 heterocycles. The van der Waals surface area contributed by atoms with E-state index in [-0.39, 0.29) is 16.6 Å². The number of nitrogens with one attached hydrogen (secondary N) is 1. The summed E-state index contributed by atoms with van der Waals surface area (Å²) >= 11 is 1.26. The highest BCUT2D eigenvalue weighted by Gasteiger charge is 2.27. The molecule has 0 saturated carbocycles. The lowest BCUT2D eigenvalue weighted by Crippen LogP contribution is -2.27. The Bertz CT molecular complexity index is 1330. The Morgan fingerprint density at radius 2 is 1.74 bits per heavy atom. The van der Waals surface area contributed by atoms with Crippen LogP contribution in [0.4, 0.5) is 5.69 Å². The van der Waals surface area contributed by atoms with Crippen LogP contribution in [0.3, 0.4) is 0 Å². The number of sulfonamides is 1. The number of hydrogen-bond donors (Lipinski definition) is 1. The number of amides is 1. The summed E-state index contributed by atoms with van der Waals surface area (Å²) in [6, 6.07) is 11.9. The molecule has 2 aliphatic rings. The molecule has 35 heavy (non-hydrogen) atoms. The summed E-state index contributed by atoms with van der Waals surface area (Å²) < 4.78 is 39.8. The molecular formula is C23H25N5O5S2. The van der Waals surface area contributed by atoms with Gasteiger partial charge >= 0.3 is 0 Å². The SMILES string of the molecule is Cn1c(SCC(=O)Nc2ccc3c(c2)OCCO3)nnc1-c1ccc(S(=O)(=O)N2CCCC2)cc1. The molecule has 1 amide bonds. The average Bonchev–Trinajstić information content (AvgIpc) is 3.54. The molecule has 1 fully saturated rings. The van der Waals surface area contributed by atoms with Crippen molar-refractivity contribution in [1.29, 1.82) is 0 Å². The van der Waals surface area contributed by atoms with Crippen LogP contribution in [0, 0.1) is 0 Å². The fourth-order valence-corrected chi connectivity index (χ4v) is 6.22. The zero-order chi connectivity index (χ0) is 24.4. The van der Waals surface area contributed by atoms with E-state index in [9.17, 15) is 13.2 Å². The lowest BCUT2D eigenvalue weighted by Gasteiger charge is -2.18. The van der Waals surface area contributed by atoms with E-state index >= 15 is 0 Å². The highest BCUT2D eigenvalue weighted by Crippen LogP contribution is 2.33. The molecule has 1 saturated heterocycles. The van der Waals surface area contributed by atoms with Gasteiger partial charge in [0.25, 0.3) is 0 Å². The van der Waals surface area contributed by atoms with Gasteiger partial charge in [-0.15, -0.1) is 10.2 Å². The summed E-state index contributed by atoms with van der Waals surface area (Å²) in [6.07, 6.45) is 1.79. The molecule has 0 aliphatic carbocycles. The standard InChI is InChI=1S/C23H25N5O5S2/c1-27-22(16-4-7-18(8-5-16)35(30,31)28-10-2-3-11-28)25-26-23(27)34-15-21(29)24-17-6-9-19-20(14-17)33-13-12-32-19/h4-9,14H,2-3,10-13,15H2,1H3,(H,24,29). The van der Waals surface area contributed by atoms with Crippen LogP contribution in [0.25, 0.3) is 11.4 Å². The number of rotatable bonds is 7. The second kappa shape index (κ2) is 9.88. The molecule has 0 spiro atoms. The summed E-state index contributed by atoms with van der Waals surface area (Å²) in [5, 5.41) is 11.9. The van der Waals surface area contributed by atoms with Crippen molar-refractivity contribution in [3.8, 4) is 22.9 Å². The van der Waals surface area contributed by atoms with Crippen LogP contribution in [0.15, 0.2) is 52.5 Å². The monoisotopic (exact) mass is 515 g/mol. The number of carbonyl (C=O) groups excluding carboxylic acids is 1. The van der Waals surface area contributed by atoms with E-state index in [1.807, 2.05) is 7.05 Å². The van der Waals surface area contributed by atoms with Crippen molar-refractivity contribution in [1.82, 2.24) is 19.1 Å². The molecule has 5 rings (SSSR count). The van der Waals surface area contributed by atoms with Crippen molar-refractivity contribution >= 4 is 33.4 Å². The summed E-state index contributed by atoms with van der Waals surface area (Å²) in [7, 11) is -1.65. The first kappa shape index (κ1) is 23.6. The van der Waals surface area contributed by atoms with Gasteiger partial charge in [-0.2, -0.15) is 4.31 Å². The Morgan fingerprint density at radius 3 is 2.49 bits per heavy atom. The van der Waals surface area contributed by atoms with Gasteiger partial charge in [0.1, 0.15) is 13.2 Å². The van der Waals surface area contributed by atoms with Crippen LogP contribution in [-0.2, 0) is 21.9 Å². The first-order chi connectivity index (χ1) is 16.9. The Morgan fingerprint density at radius 1 is 1.03 bits per heavy atom. The Balaban J connectivity index is 1.22. The van der Waals surface area contributed by atoms with E-state index in [2.05, 4.69) is 15.5 Å². The third kappa shape index (κ3) is 5.00. The van der Waals surface area contributed by atoms with Crippen molar-refractivity contribution in [3.63, 3.8) is 0 Å². The summed E-state index contributed by atoms with van der Waals surface area (Å²) in [5.74, 6) is 1.82. The van der Waals surface area contributed by atoms with Gasteiger partial charge in [-0.3, -0.25) is 4.79 Å². The van der Waals surface area contributed by atoms with Gasteiger partial charge in [-0.1, -0.05) is 11.8 Å². The number of thioether (sulfide) groups is 1. The van der Waals surface area contributed by atoms with Crippen molar-refractivity contribution < 1.29 is 22.7 Å². The number of benzene rings is 2. The van der Waals surface area contributed by atoms with Crippen LogP contribution in [0.2, 0.25) is 0 Å². The molecule has 0 radical (unpaired) electrons. The number of carbonyl (C=O) groups is 1. The first-order valence-corrected chi connectivity index (χ1v) is 13.7. The van der Waals surface area contributed by atoms with Crippen LogP contribution >= 0.6 is 11.8 Å². The van der Waals surface area contributed by atoms with E-state index in [0.717, 1.165) is 18.4 Å². The third-order valence-corrected chi connectivity index (χ3v) is 8.74. The Kier molecular flexibility index (Phi) is 6.67. The smallest absolute Gasteiger partial charge is 0.243 e. The third-order valence-electron chi connectivity index (χ3n) is 5.81. The topological polar surface area (TPSA) is 116 Å². The lowest BCUT2D eigenvalue weighted by atomic mass is 10.2. The molecule has 0 bridgehead atoms. The van der Waals surface area contributed by atoms with Gasteiger partial charge in [-0.25, -0.2) is 8.42 Å². The molecule has 184 valence electrons. The quantitative estimate of drug-likeness (QED) is 0.478. The molecule has 0 atom stereocenters. The minimum atomic E-state index is -3.46. The average molecular weight is 516 g/mol. The lowest BCUT2D eigenvalue weighted by molar-refractivity contribution is -0.113. The van der Waals surface area contributed by atoms with Gasteiger partial charge in [0.05, 0.1) is 10.6 Å². The summed E-state index contributed by atoms with van der Waals surface area (Å²) in [4.78, 5) is 12.7. The summed E-state index contributed by atoms with van der Waals surface area (Å²) in [6.45, 7) is 2.12. The van der Waals surface area contributed by atoms with Gasteiger partial charge < -0.3 is 19.4 Å². The van der Waals surface area contributed by atoms with Crippen molar-refractivity contribution in [2.24, 2.45) is 7.05 Å². The van der Waals surface area contributed by atoms with Crippen LogP contribution in [-0.4, -0.2) is 65.5 Å². The largest absolute Gasteiger partial charge is 0.486 e. The predicted octanol–water partition coefficient (Wildman–Crippen LogP) is 2.77. The molecule has 10 nitrogen and oxygen atoms in total. The Labute approximate surface area is 207 Å². The summed E-state index contributed by atoms with van der Waals surface area (Å²) in [5.41, 5.74) is 1.37. The maximum absolute atomic E-state index is 12.7. The van der Waals surface area contributed by atoms with Gasteiger partial charge in [0.2, 0.25) is 15.9 Å². The second-order valence-corrected chi connectivity index (χ2v) is 11.1. The molecule has 3 aromatic rings. The molecule has 1 N–H and O–H groups in total. The highest BCUT2D eigenvalue weighted by atomic mass is 32.2. The molecule has 2 aliphatic heterocycles. The van der Waals surface area contributed by atoms with Gasteiger partial charge in [-0.05, 0) is 49.2 Å². The van der Waals surface area contributed by atoms with Crippen molar-refractivity contribution in [3.05, 3.63) is 42.5 Å². The molecular weight excluding hydrogens is 490 g/mol. The fourth-order valence-electron chi connectivity index (χ4n) is 3.99. The van der Waals surface area contributed by atoms with Crippen molar-refractivity contribution in [2.45, 2.75) is 22.9 Å². The fraction of sp³-hybridized carbons (Fsp3) is 0.348.